The largest absolute Gasteiger partial charge is 0.388 e. The van der Waals surface area contributed by atoms with Crippen LogP contribution in [0.3, 0.4) is 0 Å². The van der Waals surface area contributed by atoms with Gasteiger partial charge in [-0.15, -0.1) is 0 Å². The molecule has 0 unspecified atom stereocenters. The van der Waals surface area contributed by atoms with Gasteiger partial charge in [-0.25, -0.2) is 0 Å². The second-order valence-electron chi connectivity index (χ2n) is 2.43. The number of carbonyl (C=O) groups excluding carboxylic acids is 1. The molecule has 0 aromatic rings. The van der Waals surface area contributed by atoms with E-state index in [1.165, 1.54) is 4.90 Å². The molecule has 0 spiro atoms. The maximum atomic E-state index is 10.5. The number of rotatable bonds is 0. The molecule has 57 valence electrons. The molecule has 1 heterocycles. The Labute approximate surface area is 59.1 Å². The van der Waals surface area contributed by atoms with Crippen LogP contribution in [-0.4, -0.2) is 46.3 Å². The minimum Gasteiger partial charge on any atom is -0.388 e. The van der Waals surface area contributed by atoms with Gasteiger partial charge in [-0.05, 0) is 0 Å². The van der Waals surface area contributed by atoms with Crippen LogP contribution in [0.2, 0.25) is 0 Å². The second kappa shape index (κ2) is 2.56. The molecule has 1 fully saturated rings. The lowest BCUT2D eigenvalue weighted by atomic mass is 10.3. The maximum absolute atomic E-state index is 10.5. The first-order valence-corrected chi connectivity index (χ1v) is 3.08. The van der Waals surface area contributed by atoms with Gasteiger partial charge in [0.05, 0.1) is 12.2 Å². The first-order valence-electron chi connectivity index (χ1n) is 3.08. The summed E-state index contributed by atoms with van der Waals surface area (Å²) in [7, 11) is 0. The average Bonchev–Trinajstić information content (AvgIpc) is 2.13. The van der Waals surface area contributed by atoms with Gasteiger partial charge in [0, 0.05) is 20.0 Å². The minimum absolute atomic E-state index is 0.198. The molecule has 2 N–H and O–H groups in total. The van der Waals surface area contributed by atoms with Gasteiger partial charge in [0.2, 0.25) is 5.91 Å². The summed E-state index contributed by atoms with van der Waals surface area (Å²) in [6.45, 7) is 3.55. The van der Waals surface area contributed by atoms with E-state index >= 15 is 0 Å². The van der Waals surface area contributed by atoms with Gasteiger partial charge in [0.25, 0.3) is 0 Å². The summed E-state index contributed by atoms with van der Waals surface area (Å²) in [6, 6.07) is 0. The zero-order chi connectivity index (χ0) is 7.72. The van der Waals surface area contributed by atoms with Crippen LogP contribution in [0.5, 0.6) is 0 Å². The van der Waals surface area contributed by atoms with E-state index in [1.54, 1.807) is 0 Å². The van der Waals surface area contributed by atoms with Crippen molar-refractivity contribution < 1.29 is 15.0 Å². The number of hydrogen-bond acceptors (Lipinski definition) is 3. The summed E-state index contributed by atoms with van der Waals surface area (Å²) in [6.07, 6.45) is -1.60. The topological polar surface area (TPSA) is 60.8 Å². The molecule has 0 aromatic heterocycles. The average molecular weight is 144 g/mol. The Bertz CT molecular complexity index is 138. The molecule has 0 aromatic carbocycles. The van der Waals surface area contributed by atoms with Crippen LogP contribution in [-0.2, 0) is 4.79 Å². The summed E-state index contributed by atoms with van der Waals surface area (Å²) in [5.74, 6) is -0.351. The smallest absolute Gasteiger partial charge is 0.223 e. The highest BCUT2D eigenvalue weighted by Gasteiger charge is 2.30. The predicted octanol–water partition coefficient (Wildman–Crippen LogP) is -1.62. The molecule has 1 saturated heterocycles. The molecule has 1 amide bonds. The van der Waals surface area contributed by atoms with E-state index in [0.717, 1.165) is 0 Å². The van der Waals surface area contributed by atoms with Gasteiger partial charge in [-0.2, -0.15) is 0 Å². The van der Waals surface area contributed by atoms with Crippen LogP contribution in [0.15, 0.2) is 0 Å². The standard InChI is InChI=1S/C6H10NO3/c1-4(8)7-2-5(9)6(10)3-7/h5-6,9-10H,1-3H2/t5-,6+. The molecule has 1 aliphatic rings. The number of hydrogen-bond donors (Lipinski definition) is 2. The number of aliphatic hydroxyl groups excluding tert-OH is 2. The predicted molar refractivity (Wildman–Crippen MR) is 34.0 cm³/mol. The number of nitrogens with zero attached hydrogens (tertiary/aromatic N) is 1. The van der Waals surface area contributed by atoms with Gasteiger partial charge in [0.15, 0.2) is 0 Å². The monoisotopic (exact) mass is 144 g/mol. The Morgan fingerprint density at radius 3 is 2.00 bits per heavy atom. The minimum atomic E-state index is -0.800. The van der Waals surface area contributed by atoms with Crippen LogP contribution in [0.4, 0.5) is 0 Å². The van der Waals surface area contributed by atoms with Crippen molar-refractivity contribution in [3.05, 3.63) is 6.92 Å². The molecule has 0 bridgehead atoms. The van der Waals surface area contributed by atoms with Gasteiger partial charge >= 0.3 is 0 Å². The lowest BCUT2D eigenvalue weighted by Gasteiger charge is -2.10. The number of amides is 1. The van der Waals surface area contributed by atoms with Crippen LogP contribution in [0.25, 0.3) is 0 Å². The molecule has 1 aliphatic heterocycles. The molecule has 4 heteroatoms. The Hall–Kier alpha value is -0.610. The van der Waals surface area contributed by atoms with Crippen LogP contribution in [0.1, 0.15) is 0 Å². The highest BCUT2D eigenvalue weighted by molar-refractivity contribution is 5.80. The van der Waals surface area contributed by atoms with Gasteiger partial charge < -0.3 is 15.1 Å². The molecule has 1 radical (unpaired) electrons. The summed E-state index contributed by atoms with van der Waals surface area (Å²) in [5.41, 5.74) is 0. The third-order valence-corrected chi connectivity index (χ3v) is 1.61. The molecule has 0 aliphatic carbocycles. The van der Waals surface area contributed by atoms with Crippen molar-refractivity contribution in [2.24, 2.45) is 0 Å². The summed E-state index contributed by atoms with van der Waals surface area (Å²) >= 11 is 0. The van der Waals surface area contributed by atoms with Crippen molar-refractivity contribution >= 4 is 5.91 Å². The second-order valence-corrected chi connectivity index (χ2v) is 2.43. The van der Waals surface area contributed by atoms with Crippen LogP contribution >= 0.6 is 0 Å². The molecular weight excluding hydrogens is 134 g/mol. The van der Waals surface area contributed by atoms with E-state index < -0.39 is 12.2 Å². The van der Waals surface area contributed by atoms with Gasteiger partial charge in [-0.3, -0.25) is 4.79 Å². The van der Waals surface area contributed by atoms with Crippen molar-refractivity contribution in [2.45, 2.75) is 12.2 Å². The number of aliphatic hydroxyl groups is 2. The quantitative estimate of drug-likeness (QED) is 0.430. The maximum Gasteiger partial charge on any atom is 0.223 e. The van der Waals surface area contributed by atoms with E-state index in [1.807, 2.05) is 0 Å². The summed E-state index contributed by atoms with van der Waals surface area (Å²) in [4.78, 5) is 11.8. The van der Waals surface area contributed by atoms with E-state index in [-0.39, 0.29) is 19.0 Å². The normalized spacial score (nSPS) is 32.9. The highest BCUT2D eigenvalue weighted by atomic mass is 16.3. The van der Waals surface area contributed by atoms with Crippen LogP contribution in [0, 0.1) is 6.92 Å². The third kappa shape index (κ3) is 1.27. The van der Waals surface area contributed by atoms with Crippen LogP contribution < -0.4 is 0 Å². The van der Waals surface area contributed by atoms with E-state index in [9.17, 15) is 4.79 Å². The lowest BCUT2D eigenvalue weighted by molar-refractivity contribution is -0.125. The van der Waals surface area contributed by atoms with Gasteiger partial charge in [0.1, 0.15) is 0 Å². The van der Waals surface area contributed by atoms with Crippen molar-refractivity contribution in [3.8, 4) is 0 Å². The molecule has 4 nitrogen and oxygen atoms in total. The van der Waals surface area contributed by atoms with E-state index in [4.69, 9.17) is 10.2 Å². The molecule has 2 atom stereocenters. The lowest BCUT2D eigenvalue weighted by Crippen LogP contribution is -2.27. The number of carbonyl (C=O) groups is 1. The number of likely N-dealkylation sites (tertiary alicyclic amines) is 1. The van der Waals surface area contributed by atoms with E-state index in [0.29, 0.717) is 0 Å². The van der Waals surface area contributed by atoms with Crippen molar-refractivity contribution in [1.82, 2.24) is 4.90 Å². The zero-order valence-corrected chi connectivity index (χ0v) is 5.53. The fraction of sp³-hybridized carbons (Fsp3) is 0.667. The van der Waals surface area contributed by atoms with Gasteiger partial charge in [-0.1, -0.05) is 0 Å². The summed E-state index contributed by atoms with van der Waals surface area (Å²) < 4.78 is 0. The highest BCUT2D eigenvalue weighted by Crippen LogP contribution is 2.08. The molecular formula is C6H10NO3. The van der Waals surface area contributed by atoms with Crippen molar-refractivity contribution in [1.29, 1.82) is 0 Å². The molecule has 10 heavy (non-hydrogen) atoms. The third-order valence-electron chi connectivity index (χ3n) is 1.61. The zero-order valence-electron chi connectivity index (χ0n) is 5.53. The Balaban J connectivity index is 2.49. The Morgan fingerprint density at radius 2 is 1.80 bits per heavy atom. The van der Waals surface area contributed by atoms with E-state index in [2.05, 4.69) is 6.92 Å². The Morgan fingerprint density at radius 1 is 1.40 bits per heavy atom. The first-order chi connectivity index (χ1) is 4.61. The van der Waals surface area contributed by atoms with Crippen molar-refractivity contribution in [3.63, 3.8) is 0 Å². The SMILES string of the molecule is [CH2]C(=O)N1C[C@@H](O)[C@@H](O)C1. The molecule has 1 rings (SSSR count). The fourth-order valence-corrected chi connectivity index (χ4v) is 0.973. The molecule has 0 saturated carbocycles. The van der Waals surface area contributed by atoms with Crippen molar-refractivity contribution in [2.75, 3.05) is 13.1 Å². The summed E-state index contributed by atoms with van der Waals surface area (Å²) in [5, 5.41) is 17.9. The fourth-order valence-electron chi connectivity index (χ4n) is 0.973. The first kappa shape index (κ1) is 7.50. The Kier molecular flexibility index (Phi) is 1.92. The number of β-amino-alcohol motifs (C(OH)–C–C–N with tert-alkyl or cyclic N) is 2.